The van der Waals surface area contributed by atoms with Crippen LogP contribution in [0.25, 0.3) is 44.2 Å². The molecule has 0 spiro atoms. The fraction of sp³-hybridized carbons (Fsp3) is 0.316. The van der Waals surface area contributed by atoms with Gasteiger partial charge in [-0.1, -0.05) is 40.9 Å². The van der Waals surface area contributed by atoms with Crippen LogP contribution in [-0.4, -0.2) is 38.5 Å². The zero-order valence-electron chi connectivity index (χ0n) is 28.1. The van der Waals surface area contributed by atoms with E-state index in [0.717, 1.165) is 91.3 Å². The first-order chi connectivity index (χ1) is 22.5. The van der Waals surface area contributed by atoms with E-state index in [9.17, 15) is 4.79 Å². The van der Waals surface area contributed by atoms with Crippen LogP contribution in [0.15, 0.2) is 48.7 Å². The van der Waals surface area contributed by atoms with Crippen LogP contribution < -0.4 is 10.1 Å². The summed E-state index contributed by atoms with van der Waals surface area (Å²) in [6.07, 6.45) is 4.56. The number of halogens is 2. The van der Waals surface area contributed by atoms with Gasteiger partial charge in [0.1, 0.15) is 5.75 Å². The highest BCUT2D eigenvalue weighted by molar-refractivity contribution is 6.35. The summed E-state index contributed by atoms with van der Waals surface area (Å²) in [6, 6.07) is 14.8. The molecule has 0 aliphatic carbocycles. The highest BCUT2D eigenvalue weighted by Gasteiger charge is 2.27. The van der Waals surface area contributed by atoms with Crippen molar-refractivity contribution in [3.63, 3.8) is 0 Å². The maximum Gasteiger partial charge on any atom is 0.207 e. The number of aryl methyl sites for hydroxylation is 7. The molecule has 0 unspecified atom stereocenters. The van der Waals surface area contributed by atoms with E-state index in [0.29, 0.717) is 24.7 Å². The standard InChI is InChI=1S/C38H41Cl2N5O2/c1-22-10-13-33-30(17-22)31(20-43(33)6)37-28(9-8-16-47-27-18-23(2)36(40)24(3)19-27)29-11-12-32(39)35(34-25(4)42-44(7)26(34)5)38(29)45(37)15-14-41-21-46/h10-13,17-21H,8-9,14-16H2,1-7H3,(H,41,46). The van der Waals surface area contributed by atoms with Crippen LogP contribution in [0.4, 0.5) is 0 Å². The molecule has 0 saturated carbocycles. The summed E-state index contributed by atoms with van der Waals surface area (Å²) in [5, 5.41) is 11.4. The molecular weight excluding hydrogens is 629 g/mol. The first-order valence-corrected chi connectivity index (χ1v) is 16.7. The van der Waals surface area contributed by atoms with E-state index in [1.54, 1.807) is 0 Å². The Morgan fingerprint density at radius 1 is 0.936 bits per heavy atom. The summed E-state index contributed by atoms with van der Waals surface area (Å²) in [6.45, 7) is 11.8. The SMILES string of the molecule is Cc1ccc2c(c1)c(-c1c(CCCOc3cc(C)c(Cl)c(C)c3)c3ccc(Cl)c(-c4c(C)nn(C)c4C)c3n1CCNC=O)cn2C. The molecule has 3 aromatic heterocycles. The Kier molecular flexibility index (Phi) is 9.14. The highest BCUT2D eigenvalue weighted by atomic mass is 35.5. The summed E-state index contributed by atoms with van der Waals surface area (Å²) < 4.78 is 12.7. The number of rotatable bonds is 11. The van der Waals surface area contributed by atoms with Gasteiger partial charge >= 0.3 is 0 Å². The maximum absolute atomic E-state index is 11.4. The van der Waals surface area contributed by atoms with Gasteiger partial charge in [0.15, 0.2) is 0 Å². The predicted octanol–water partition coefficient (Wildman–Crippen LogP) is 8.81. The van der Waals surface area contributed by atoms with Gasteiger partial charge in [0, 0.05) is 77.1 Å². The van der Waals surface area contributed by atoms with Crippen molar-refractivity contribution in [2.24, 2.45) is 14.1 Å². The molecule has 1 amide bonds. The third kappa shape index (κ3) is 5.92. The van der Waals surface area contributed by atoms with Crippen LogP contribution in [0.2, 0.25) is 10.0 Å². The second-order valence-corrected chi connectivity index (χ2v) is 13.3. The number of ether oxygens (including phenoxy) is 1. The average molecular weight is 671 g/mol. The molecule has 3 heterocycles. The number of nitrogens with one attached hydrogen (secondary N) is 1. The minimum absolute atomic E-state index is 0.471. The van der Waals surface area contributed by atoms with Crippen LogP contribution in [-0.2, 0) is 31.9 Å². The van der Waals surface area contributed by atoms with Crippen LogP contribution in [0.1, 0.15) is 40.1 Å². The zero-order valence-corrected chi connectivity index (χ0v) is 29.6. The van der Waals surface area contributed by atoms with E-state index in [2.05, 4.69) is 65.8 Å². The fourth-order valence-corrected chi connectivity index (χ4v) is 7.37. The van der Waals surface area contributed by atoms with Crippen molar-refractivity contribution in [1.29, 1.82) is 0 Å². The smallest absolute Gasteiger partial charge is 0.207 e. The van der Waals surface area contributed by atoms with Crippen molar-refractivity contribution < 1.29 is 9.53 Å². The molecule has 1 N–H and O–H groups in total. The molecule has 6 aromatic rings. The Morgan fingerprint density at radius 3 is 2.36 bits per heavy atom. The quantitative estimate of drug-likeness (QED) is 0.111. The summed E-state index contributed by atoms with van der Waals surface area (Å²) in [5.41, 5.74) is 12.9. The Morgan fingerprint density at radius 2 is 1.68 bits per heavy atom. The van der Waals surface area contributed by atoms with Gasteiger partial charge in [-0.25, -0.2) is 0 Å². The second-order valence-electron chi connectivity index (χ2n) is 12.5. The van der Waals surface area contributed by atoms with E-state index >= 15 is 0 Å². The Bertz CT molecular complexity index is 2130. The van der Waals surface area contributed by atoms with E-state index in [-0.39, 0.29) is 0 Å². The molecule has 0 fully saturated rings. The number of carbonyl (C=O) groups is 1. The summed E-state index contributed by atoms with van der Waals surface area (Å²) in [5.74, 6) is 0.827. The maximum atomic E-state index is 11.4. The number of hydrogen-bond donors (Lipinski definition) is 1. The molecule has 0 atom stereocenters. The normalized spacial score (nSPS) is 11.6. The highest BCUT2D eigenvalue weighted by Crippen LogP contribution is 2.46. The van der Waals surface area contributed by atoms with Crippen LogP contribution in [0.5, 0.6) is 5.75 Å². The lowest BCUT2D eigenvalue weighted by Gasteiger charge is -2.15. The van der Waals surface area contributed by atoms with Gasteiger partial charge in [0.25, 0.3) is 0 Å². The average Bonchev–Trinajstić information content (AvgIpc) is 3.61. The third-order valence-corrected chi connectivity index (χ3v) is 10.2. The molecule has 3 aromatic carbocycles. The summed E-state index contributed by atoms with van der Waals surface area (Å²) >= 11 is 13.5. The molecule has 0 saturated heterocycles. The molecule has 244 valence electrons. The number of benzene rings is 3. The van der Waals surface area contributed by atoms with Crippen molar-refractivity contribution in [2.75, 3.05) is 13.2 Å². The van der Waals surface area contributed by atoms with Crippen molar-refractivity contribution in [3.05, 3.63) is 92.3 Å². The predicted molar refractivity (Wildman–Crippen MR) is 194 cm³/mol. The topological polar surface area (TPSA) is 66.0 Å². The van der Waals surface area contributed by atoms with Gasteiger partial charge < -0.3 is 19.2 Å². The van der Waals surface area contributed by atoms with Gasteiger partial charge in [-0.05, 0) is 94.5 Å². The molecule has 0 radical (unpaired) electrons. The van der Waals surface area contributed by atoms with Gasteiger partial charge in [0.05, 0.1) is 28.5 Å². The van der Waals surface area contributed by atoms with E-state index < -0.39 is 0 Å². The number of hydrogen-bond acceptors (Lipinski definition) is 3. The van der Waals surface area contributed by atoms with E-state index in [1.165, 1.54) is 16.5 Å². The Hall–Kier alpha value is -4.20. The minimum Gasteiger partial charge on any atom is -0.494 e. The number of amides is 1. The van der Waals surface area contributed by atoms with E-state index in [1.807, 2.05) is 50.7 Å². The fourth-order valence-electron chi connectivity index (χ4n) is 7.01. The molecule has 0 aliphatic heterocycles. The summed E-state index contributed by atoms with van der Waals surface area (Å²) in [4.78, 5) is 11.4. The molecule has 9 heteroatoms. The lowest BCUT2D eigenvalue weighted by molar-refractivity contribution is -0.109. The zero-order chi connectivity index (χ0) is 33.6. The third-order valence-electron chi connectivity index (χ3n) is 9.25. The Balaban J connectivity index is 1.57. The monoisotopic (exact) mass is 669 g/mol. The number of nitrogens with zero attached hydrogens (tertiary/aromatic N) is 4. The lowest BCUT2D eigenvalue weighted by atomic mass is 9.97. The number of fused-ring (bicyclic) bond motifs is 2. The van der Waals surface area contributed by atoms with Crippen LogP contribution in [0, 0.1) is 34.6 Å². The first-order valence-electron chi connectivity index (χ1n) is 16.0. The summed E-state index contributed by atoms with van der Waals surface area (Å²) in [7, 11) is 4.06. The van der Waals surface area contributed by atoms with Gasteiger partial charge in [-0.2, -0.15) is 5.10 Å². The van der Waals surface area contributed by atoms with Crippen molar-refractivity contribution in [1.82, 2.24) is 24.2 Å². The van der Waals surface area contributed by atoms with Gasteiger partial charge in [0.2, 0.25) is 6.41 Å². The molecule has 47 heavy (non-hydrogen) atoms. The number of carbonyl (C=O) groups excluding carboxylic acids is 1. The van der Waals surface area contributed by atoms with Crippen molar-refractivity contribution >= 4 is 51.4 Å². The van der Waals surface area contributed by atoms with E-state index in [4.69, 9.17) is 33.0 Å². The molecule has 6 rings (SSSR count). The lowest BCUT2D eigenvalue weighted by Crippen LogP contribution is -2.18. The molecular formula is C38H41Cl2N5O2. The van der Waals surface area contributed by atoms with Gasteiger partial charge in [-0.15, -0.1) is 0 Å². The first kappa shape index (κ1) is 32.7. The minimum atomic E-state index is 0.471. The Labute approximate surface area is 286 Å². The largest absolute Gasteiger partial charge is 0.494 e. The van der Waals surface area contributed by atoms with Crippen molar-refractivity contribution in [3.8, 4) is 28.1 Å². The van der Waals surface area contributed by atoms with Crippen LogP contribution in [0.3, 0.4) is 0 Å². The second kappa shape index (κ2) is 13.1. The van der Waals surface area contributed by atoms with Crippen molar-refractivity contribution in [2.45, 2.75) is 54.0 Å². The van der Waals surface area contributed by atoms with Crippen LogP contribution >= 0.6 is 23.2 Å². The van der Waals surface area contributed by atoms with Gasteiger partial charge in [-0.3, -0.25) is 9.48 Å². The molecule has 0 aliphatic rings. The molecule has 7 nitrogen and oxygen atoms in total. The number of aromatic nitrogens is 4. The molecule has 0 bridgehead atoms.